The van der Waals surface area contributed by atoms with Crippen LogP contribution in [0.1, 0.15) is 110 Å². The molecule has 0 heterocycles. The van der Waals surface area contributed by atoms with Crippen molar-refractivity contribution in [3.63, 3.8) is 0 Å². The van der Waals surface area contributed by atoms with Gasteiger partial charge in [0.2, 0.25) is 0 Å². The number of hydrogen-bond donors (Lipinski definition) is 0. The summed E-state index contributed by atoms with van der Waals surface area (Å²) < 4.78 is 10.5. The van der Waals surface area contributed by atoms with E-state index in [1.54, 1.807) is 0 Å². The Morgan fingerprint density at radius 2 is 0.826 bits per heavy atom. The molecule has 0 unspecified atom stereocenters. The van der Waals surface area contributed by atoms with E-state index >= 15 is 0 Å². The van der Waals surface area contributed by atoms with Crippen LogP contribution in [-0.2, 0) is 30.8 Å². The summed E-state index contributed by atoms with van der Waals surface area (Å²) in [4.78, 5) is 20.9. The Bertz CT molecular complexity index is 269. The predicted molar refractivity (Wildman–Crippen MR) is 92.0 cm³/mol. The molecule has 0 aliphatic heterocycles. The molecule has 0 fully saturated rings. The second-order valence-corrected chi connectivity index (χ2v) is 8.31. The van der Waals surface area contributed by atoms with Gasteiger partial charge in [-0.25, -0.2) is 0 Å². The van der Waals surface area contributed by atoms with E-state index in [1.165, 1.54) is 83.5 Å². The van der Waals surface area contributed by atoms with Crippen LogP contribution in [-0.4, -0.2) is 6.16 Å². The van der Waals surface area contributed by atoms with Crippen molar-refractivity contribution in [3.05, 3.63) is 0 Å². The van der Waals surface area contributed by atoms with Crippen molar-refractivity contribution in [2.45, 2.75) is 110 Å². The van der Waals surface area contributed by atoms with Crippen molar-refractivity contribution in [2.24, 2.45) is 0 Å². The second kappa shape index (κ2) is 19.4. The third kappa shape index (κ3) is 25.4. The van der Waals surface area contributed by atoms with Gasteiger partial charge in [-0.05, 0) is 12.6 Å². The molecule has 0 amide bonds. The first-order valence-corrected chi connectivity index (χ1v) is 11.3. The van der Waals surface area contributed by atoms with E-state index in [0.29, 0.717) is 6.42 Å². The molecule has 3 nitrogen and oxygen atoms in total. The molecule has 0 aromatic rings. The molecule has 0 atom stereocenters. The van der Waals surface area contributed by atoms with Gasteiger partial charge in [0, 0.05) is 0 Å². The molecule has 0 rings (SSSR count). The largest absolute Gasteiger partial charge is 2.00 e. The van der Waals surface area contributed by atoms with Crippen molar-refractivity contribution in [1.82, 2.24) is 0 Å². The quantitative estimate of drug-likeness (QED) is 0.240. The van der Waals surface area contributed by atoms with Gasteiger partial charge in [0.25, 0.3) is 0 Å². The van der Waals surface area contributed by atoms with Crippen LogP contribution in [0.25, 0.3) is 0 Å². The second-order valence-electron chi connectivity index (χ2n) is 6.64. The van der Waals surface area contributed by atoms with E-state index in [2.05, 4.69) is 6.92 Å². The van der Waals surface area contributed by atoms with Crippen molar-refractivity contribution >= 4 is 7.60 Å². The number of rotatable bonds is 17. The fourth-order valence-electron chi connectivity index (χ4n) is 2.85. The minimum Gasteiger partial charge on any atom is -0.811 e. The van der Waals surface area contributed by atoms with Crippen LogP contribution in [0.5, 0.6) is 0 Å². The van der Waals surface area contributed by atoms with E-state index in [4.69, 9.17) is 0 Å². The van der Waals surface area contributed by atoms with Crippen LogP contribution < -0.4 is 9.79 Å². The Labute approximate surface area is 163 Å². The average molecular weight is 424 g/mol. The fourth-order valence-corrected chi connectivity index (χ4v) is 3.46. The van der Waals surface area contributed by atoms with Gasteiger partial charge in [0.05, 0.1) is 0 Å². The summed E-state index contributed by atoms with van der Waals surface area (Å²) in [5.74, 6) is 0. The predicted octanol–water partition coefficient (Wildman–Crippen LogP) is 5.16. The van der Waals surface area contributed by atoms with Crippen molar-refractivity contribution in [3.8, 4) is 0 Å². The third-order valence-corrected chi connectivity index (χ3v) is 5.15. The van der Waals surface area contributed by atoms with Crippen LogP contribution in [0.2, 0.25) is 0 Å². The van der Waals surface area contributed by atoms with Gasteiger partial charge < -0.3 is 14.4 Å². The molecular weight excluding hydrogens is 386 g/mol. The van der Waals surface area contributed by atoms with Gasteiger partial charge >= 0.3 is 26.2 Å². The third-order valence-electron chi connectivity index (χ3n) is 4.29. The summed E-state index contributed by atoms with van der Waals surface area (Å²) in [6, 6.07) is 0. The molecule has 0 aliphatic rings. The zero-order chi connectivity index (χ0) is 16.5. The van der Waals surface area contributed by atoms with Gasteiger partial charge in [-0.3, -0.25) is 0 Å². The van der Waals surface area contributed by atoms with Crippen LogP contribution in [0.4, 0.5) is 0 Å². The Morgan fingerprint density at radius 1 is 0.565 bits per heavy atom. The normalized spacial score (nSPS) is 11.4. The molecule has 0 aliphatic carbocycles. The molecule has 5 heteroatoms. The molecule has 136 valence electrons. The molecule has 0 aromatic carbocycles. The Kier molecular flexibility index (Phi) is 22.1. The van der Waals surface area contributed by atoms with Crippen molar-refractivity contribution in [2.75, 3.05) is 6.16 Å². The molecule has 0 radical (unpaired) electrons. The van der Waals surface area contributed by atoms with Crippen molar-refractivity contribution < 1.29 is 40.6 Å². The van der Waals surface area contributed by atoms with E-state index in [1.807, 2.05) is 0 Å². The van der Waals surface area contributed by atoms with Gasteiger partial charge in [0.1, 0.15) is 0 Å². The SMILES string of the molecule is CCCCCCCCCCCCCCCCCCP(=O)([O-])[O-].[Zr+2]. The Morgan fingerprint density at radius 3 is 1.09 bits per heavy atom. The van der Waals surface area contributed by atoms with Crippen LogP contribution >= 0.6 is 7.60 Å². The zero-order valence-electron chi connectivity index (χ0n) is 15.2. The summed E-state index contributed by atoms with van der Waals surface area (Å²) >= 11 is 0. The molecule has 0 saturated carbocycles. The first kappa shape index (κ1) is 26.3. The van der Waals surface area contributed by atoms with Gasteiger partial charge in [-0.15, -0.1) is 0 Å². The van der Waals surface area contributed by atoms with E-state index in [0.717, 1.165) is 12.8 Å². The minimum atomic E-state index is -4.25. The first-order valence-electron chi connectivity index (χ1n) is 9.57. The summed E-state index contributed by atoms with van der Waals surface area (Å²) in [6.45, 7) is 2.26. The minimum absolute atomic E-state index is 0. The summed E-state index contributed by atoms with van der Waals surface area (Å²) in [6.07, 6.45) is 19.9. The molecule has 0 spiro atoms. The Balaban J connectivity index is 0. The number of unbranched alkanes of at least 4 members (excludes halogenated alkanes) is 15. The van der Waals surface area contributed by atoms with Gasteiger partial charge in [-0.2, -0.15) is 0 Å². The van der Waals surface area contributed by atoms with Gasteiger partial charge in [0.15, 0.2) is 0 Å². The molecule has 0 N–H and O–H groups in total. The van der Waals surface area contributed by atoms with E-state index in [-0.39, 0.29) is 32.4 Å². The zero-order valence-corrected chi connectivity index (χ0v) is 18.5. The number of hydrogen-bond acceptors (Lipinski definition) is 3. The summed E-state index contributed by atoms with van der Waals surface area (Å²) in [5, 5.41) is 0. The molecule has 23 heavy (non-hydrogen) atoms. The molecule has 0 saturated heterocycles. The van der Waals surface area contributed by atoms with Crippen molar-refractivity contribution in [1.29, 1.82) is 0 Å². The van der Waals surface area contributed by atoms with Crippen LogP contribution in [0.3, 0.4) is 0 Å². The first-order chi connectivity index (χ1) is 10.6. The van der Waals surface area contributed by atoms with Gasteiger partial charge in [-0.1, -0.05) is 111 Å². The topological polar surface area (TPSA) is 63.2 Å². The maximum atomic E-state index is 10.5. The molecular formula is C18H37O3PZr. The average Bonchev–Trinajstić information content (AvgIpc) is 2.45. The monoisotopic (exact) mass is 422 g/mol. The molecule has 0 aromatic heterocycles. The van der Waals surface area contributed by atoms with E-state index in [9.17, 15) is 14.4 Å². The molecule has 0 bridgehead atoms. The Hall–Kier alpha value is 1.03. The standard InChI is InChI=1S/C18H39O3P.Zr/c1-2-3-4-5-6-7-8-9-10-11-12-13-14-15-16-17-18-22(19,20)21;/h2-18H2,1H3,(H2,19,20,21);/q;+2/p-2. The maximum Gasteiger partial charge on any atom is 2.00 e. The van der Waals surface area contributed by atoms with Crippen LogP contribution in [0, 0.1) is 0 Å². The van der Waals surface area contributed by atoms with E-state index < -0.39 is 7.60 Å². The fraction of sp³-hybridized carbons (Fsp3) is 1.00. The maximum absolute atomic E-state index is 10.5. The summed E-state index contributed by atoms with van der Waals surface area (Å²) in [5.41, 5.74) is 0. The smallest absolute Gasteiger partial charge is 0.811 e. The summed E-state index contributed by atoms with van der Waals surface area (Å²) in [7, 11) is -4.25. The van der Waals surface area contributed by atoms with Crippen LogP contribution in [0.15, 0.2) is 0 Å².